The van der Waals surface area contributed by atoms with Crippen LogP contribution >= 0.6 is 11.6 Å². The summed E-state index contributed by atoms with van der Waals surface area (Å²) in [6.07, 6.45) is 1.09. The monoisotopic (exact) mass is 373 g/mol. The second-order valence-electron chi connectivity index (χ2n) is 5.27. The summed E-state index contributed by atoms with van der Waals surface area (Å²) in [5.41, 5.74) is 1.47. The van der Waals surface area contributed by atoms with Crippen LogP contribution in [0.1, 0.15) is 11.1 Å². The van der Waals surface area contributed by atoms with Crippen molar-refractivity contribution in [3.63, 3.8) is 0 Å². The first-order valence-corrected chi connectivity index (χ1v) is 10.4. The third-order valence-corrected chi connectivity index (χ3v) is 6.34. The van der Waals surface area contributed by atoms with Crippen molar-refractivity contribution in [2.45, 2.75) is 23.6 Å². The number of hydrogen-bond donors (Lipinski definition) is 1. The van der Waals surface area contributed by atoms with Crippen molar-refractivity contribution in [3.8, 4) is 0 Å². The van der Waals surface area contributed by atoms with Crippen LogP contribution in [0.2, 0.25) is 5.02 Å². The highest BCUT2D eigenvalue weighted by atomic mass is 35.5. The fraction of sp³-hybridized carbons (Fsp3) is 0.200. The van der Waals surface area contributed by atoms with Crippen molar-refractivity contribution in [2.24, 2.45) is 0 Å². The third-order valence-electron chi connectivity index (χ3n) is 3.28. The van der Waals surface area contributed by atoms with Gasteiger partial charge in [-0.1, -0.05) is 11.6 Å². The summed E-state index contributed by atoms with van der Waals surface area (Å²) < 4.78 is 50.3. The predicted molar refractivity (Wildman–Crippen MR) is 91.3 cm³/mol. The minimum Gasteiger partial charge on any atom is -0.280 e. The van der Waals surface area contributed by atoms with Crippen LogP contribution in [-0.4, -0.2) is 23.1 Å². The van der Waals surface area contributed by atoms with Crippen LogP contribution in [0, 0.1) is 13.8 Å². The molecule has 0 saturated carbocycles. The van der Waals surface area contributed by atoms with Gasteiger partial charge in [0.2, 0.25) is 0 Å². The largest absolute Gasteiger partial charge is 0.280 e. The van der Waals surface area contributed by atoms with Crippen LogP contribution < -0.4 is 4.72 Å². The molecular weight excluding hydrogens is 358 g/mol. The zero-order valence-corrected chi connectivity index (χ0v) is 15.2. The molecule has 0 aromatic heterocycles. The molecule has 0 aliphatic heterocycles. The van der Waals surface area contributed by atoms with Crippen molar-refractivity contribution in [1.29, 1.82) is 0 Å². The molecule has 0 atom stereocenters. The summed E-state index contributed by atoms with van der Waals surface area (Å²) in [5.74, 6) is 0. The van der Waals surface area contributed by atoms with Crippen LogP contribution in [0.25, 0.3) is 0 Å². The molecule has 124 valence electrons. The second kappa shape index (κ2) is 6.14. The van der Waals surface area contributed by atoms with E-state index in [9.17, 15) is 16.8 Å². The predicted octanol–water partition coefficient (Wildman–Crippen LogP) is 3.16. The standard InChI is InChI=1S/C15H16ClNO4S2/c1-10-9-15(11(2)8-14(10)16)23(20,21)17-12-4-6-13(7-5-12)22(3,18)19/h4-9,17H,1-3H3. The zero-order chi connectivity index (χ0) is 17.4. The first-order chi connectivity index (χ1) is 10.5. The molecule has 2 rings (SSSR count). The fourth-order valence-electron chi connectivity index (χ4n) is 2.02. The van der Waals surface area contributed by atoms with E-state index in [1.54, 1.807) is 19.9 Å². The Bertz CT molecular complexity index is 950. The first-order valence-electron chi connectivity index (χ1n) is 6.60. The molecular formula is C15H16ClNO4S2. The van der Waals surface area contributed by atoms with Gasteiger partial charge in [-0.05, 0) is 61.4 Å². The van der Waals surface area contributed by atoms with Crippen LogP contribution in [0.5, 0.6) is 0 Å². The van der Waals surface area contributed by atoms with E-state index in [0.29, 0.717) is 16.1 Å². The number of nitrogens with one attached hydrogen (secondary N) is 1. The van der Waals surface area contributed by atoms with Crippen LogP contribution in [0.4, 0.5) is 5.69 Å². The molecule has 2 aromatic carbocycles. The molecule has 5 nitrogen and oxygen atoms in total. The van der Waals surface area contributed by atoms with Crippen molar-refractivity contribution < 1.29 is 16.8 Å². The number of aryl methyl sites for hydroxylation is 2. The first kappa shape index (κ1) is 17.8. The second-order valence-corrected chi connectivity index (χ2v) is 9.34. The molecule has 0 fully saturated rings. The molecule has 0 saturated heterocycles. The van der Waals surface area contributed by atoms with E-state index in [4.69, 9.17) is 11.6 Å². The Labute approximate surface area is 141 Å². The van der Waals surface area contributed by atoms with Gasteiger partial charge in [-0.3, -0.25) is 4.72 Å². The number of sulfone groups is 1. The maximum absolute atomic E-state index is 12.5. The SMILES string of the molecule is Cc1cc(S(=O)(=O)Nc2ccc(S(C)(=O)=O)cc2)c(C)cc1Cl. The van der Waals surface area contributed by atoms with Gasteiger partial charge in [0.15, 0.2) is 9.84 Å². The van der Waals surface area contributed by atoms with Gasteiger partial charge in [0.1, 0.15) is 0 Å². The van der Waals surface area contributed by atoms with Crippen LogP contribution in [0.3, 0.4) is 0 Å². The maximum atomic E-state index is 12.5. The topological polar surface area (TPSA) is 80.3 Å². The van der Waals surface area contributed by atoms with Gasteiger partial charge in [0.25, 0.3) is 10.0 Å². The lowest BCUT2D eigenvalue weighted by atomic mass is 10.2. The Morgan fingerprint density at radius 3 is 2.00 bits per heavy atom. The Balaban J connectivity index is 2.37. The van der Waals surface area contributed by atoms with Crippen molar-refractivity contribution in [3.05, 3.63) is 52.5 Å². The highest BCUT2D eigenvalue weighted by Gasteiger charge is 2.18. The Morgan fingerprint density at radius 2 is 1.48 bits per heavy atom. The fourth-order valence-corrected chi connectivity index (χ4v) is 4.24. The average molecular weight is 374 g/mol. The molecule has 0 heterocycles. The zero-order valence-electron chi connectivity index (χ0n) is 12.8. The van der Waals surface area contributed by atoms with Crippen LogP contribution in [0.15, 0.2) is 46.2 Å². The molecule has 0 amide bonds. The lowest BCUT2D eigenvalue weighted by molar-refractivity contribution is 0.600. The minimum atomic E-state index is -3.79. The number of halogens is 1. The Kier molecular flexibility index (Phi) is 4.75. The number of sulfonamides is 1. The van der Waals surface area contributed by atoms with E-state index >= 15 is 0 Å². The number of anilines is 1. The lowest BCUT2D eigenvalue weighted by Crippen LogP contribution is -2.14. The average Bonchev–Trinajstić information content (AvgIpc) is 2.41. The third kappa shape index (κ3) is 4.04. The molecule has 0 unspecified atom stereocenters. The molecule has 1 N–H and O–H groups in total. The van der Waals surface area contributed by atoms with Crippen molar-refractivity contribution in [1.82, 2.24) is 0 Å². The van der Waals surface area contributed by atoms with Gasteiger partial charge in [0, 0.05) is 17.0 Å². The normalized spacial score (nSPS) is 12.2. The molecule has 0 spiro atoms. The van der Waals surface area contributed by atoms with Gasteiger partial charge in [-0.25, -0.2) is 16.8 Å². The number of benzene rings is 2. The summed E-state index contributed by atoms with van der Waals surface area (Å²) in [6, 6.07) is 8.63. The molecule has 0 aliphatic carbocycles. The van der Waals surface area contributed by atoms with E-state index < -0.39 is 19.9 Å². The molecule has 23 heavy (non-hydrogen) atoms. The summed E-state index contributed by atoms with van der Waals surface area (Å²) in [6.45, 7) is 3.38. The Morgan fingerprint density at radius 1 is 0.913 bits per heavy atom. The molecule has 8 heteroatoms. The van der Waals surface area contributed by atoms with Crippen molar-refractivity contribution >= 4 is 37.1 Å². The number of hydrogen-bond acceptors (Lipinski definition) is 4. The highest BCUT2D eigenvalue weighted by Crippen LogP contribution is 2.26. The van der Waals surface area contributed by atoms with Gasteiger partial charge in [-0.15, -0.1) is 0 Å². The van der Waals surface area contributed by atoms with E-state index in [2.05, 4.69) is 4.72 Å². The van der Waals surface area contributed by atoms with Crippen LogP contribution in [-0.2, 0) is 19.9 Å². The van der Waals surface area contributed by atoms with Crippen molar-refractivity contribution in [2.75, 3.05) is 11.0 Å². The van der Waals surface area contributed by atoms with E-state index in [1.165, 1.54) is 30.3 Å². The van der Waals surface area contributed by atoms with E-state index in [-0.39, 0.29) is 15.5 Å². The molecule has 0 radical (unpaired) electrons. The summed E-state index contributed by atoms with van der Waals surface area (Å²) in [7, 11) is -7.11. The summed E-state index contributed by atoms with van der Waals surface area (Å²) in [5, 5.41) is 0.499. The molecule has 2 aromatic rings. The van der Waals surface area contributed by atoms with Gasteiger partial charge < -0.3 is 0 Å². The molecule has 0 aliphatic rings. The minimum absolute atomic E-state index is 0.124. The van der Waals surface area contributed by atoms with Gasteiger partial charge in [0.05, 0.1) is 9.79 Å². The van der Waals surface area contributed by atoms with Gasteiger partial charge >= 0.3 is 0 Å². The maximum Gasteiger partial charge on any atom is 0.262 e. The smallest absolute Gasteiger partial charge is 0.262 e. The Hall–Kier alpha value is -1.57. The molecule has 0 bridgehead atoms. The lowest BCUT2D eigenvalue weighted by Gasteiger charge is -2.12. The van der Waals surface area contributed by atoms with E-state index in [1.807, 2.05) is 0 Å². The number of rotatable bonds is 4. The van der Waals surface area contributed by atoms with E-state index in [0.717, 1.165) is 6.26 Å². The highest BCUT2D eigenvalue weighted by molar-refractivity contribution is 7.92. The summed E-state index contributed by atoms with van der Waals surface area (Å²) >= 11 is 5.98. The van der Waals surface area contributed by atoms with Gasteiger partial charge in [-0.2, -0.15) is 0 Å². The summed E-state index contributed by atoms with van der Waals surface area (Å²) in [4.78, 5) is 0.255. The quantitative estimate of drug-likeness (QED) is 0.892.